The zero-order valence-corrected chi connectivity index (χ0v) is 13.3. The third-order valence-electron chi connectivity index (χ3n) is 3.46. The molecule has 2 aromatic carbocycles. The number of rotatable bonds is 5. The molecular weight excluding hydrogens is 333 g/mol. The van der Waals surface area contributed by atoms with Gasteiger partial charge in [0, 0.05) is 0 Å². The number of nitrogens with zero attached hydrogens (tertiary/aromatic N) is 1. The minimum atomic E-state index is -4.44. The van der Waals surface area contributed by atoms with E-state index in [0.717, 1.165) is 12.1 Å². The number of ether oxygens (including phenoxy) is 1. The number of carbonyl (C=O) groups is 1. The SMILES string of the molecule is CC(NC(=O)COc1ccccc1C#N)c1cccc(C(F)(F)F)c1. The van der Waals surface area contributed by atoms with Crippen molar-refractivity contribution in [1.29, 1.82) is 5.26 Å². The molecule has 2 rings (SSSR count). The summed E-state index contributed by atoms with van der Waals surface area (Å²) in [6.45, 7) is 1.23. The lowest BCUT2D eigenvalue weighted by atomic mass is 10.0. The summed E-state index contributed by atoms with van der Waals surface area (Å²) in [6.07, 6.45) is -4.44. The van der Waals surface area contributed by atoms with Gasteiger partial charge in [-0.25, -0.2) is 0 Å². The van der Waals surface area contributed by atoms with Crippen molar-refractivity contribution < 1.29 is 22.7 Å². The van der Waals surface area contributed by atoms with Gasteiger partial charge in [0.25, 0.3) is 5.91 Å². The van der Waals surface area contributed by atoms with E-state index < -0.39 is 23.7 Å². The molecule has 1 atom stereocenters. The van der Waals surface area contributed by atoms with E-state index in [1.807, 2.05) is 6.07 Å². The number of carbonyl (C=O) groups excluding carboxylic acids is 1. The lowest BCUT2D eigenvalue weighted by Gasteiger charge is -2.16. The van der Waals surface area contributed by atoms with Crippen LogP contribution in [0.15, 0.2) is 48.5 Å². The average Bonchev–Trinajstić information content (AvgIpc) is 2.59. The Bertz CT molecular complexity index is 797. The van der Waals surface area contributed by atoms with Crippen LogP contribution in [0, 0.1) is 11.3 Å². The van der Waals surface area contributed by atoms with Crippen LogP contribution < -0.4 is 10.1 Å². The van der Waals surface area contributed by atoms with Gasteiger partial charge in [-0.3, -0.25) is 4.79 Å². The maximum atomic E-state index is 12.7. The van der Waals surface area contributed by atoms with Crippen LogP contribution in [-0.4, -0.2) is 12.5 Å². The molecule has 0 aliphatic heterocycles. The van der Waals surface area contributed by atoms with E-state index in [1.54, 1.807) is 31.2 Å². The van der Waals surface area contributed by atoms with Crippen molar-refractivity contribution in [2.24, 2.45) is 0 Å². The Balaban J connectivity index is 1.98. The molecule has 0 heterocycles. The van der Waals surface area contributed by atoms with Crippen LogP contribution >= 0.6 is 0 Å². The van der Waals surface area contributed by atoms with Crippen LogP contribution in [0.4, 0.5) is 13.2 Å². The van der Waals surface area contributed by atoms with Gasteiger partial charge in [-0.1, -0.05) is 24.3 Å². The Hall–Kier alpha value is -3.01. The Labute approximate surface area is 142 Å². The van der Waals surface area contributed by atoms with Crippen LogP contribution in [0.2, 0.25) is 0 Å². The van der Waals surface area contributed by atoms with Crippen LogP contribution in [0.5, 0.6) is 5.75 Å². The fourth-order valence-corrected chi connectivity index (χ4v) is 2.18. The fourth-order valence-electron chi connectivity index (χ4n) is 2.18. The van der Waals surface area contributed by atoms with Crippen LogP contribution in [-0.2, 0) is 11.0 Å². The van der Waals surface area contributed by atoms with Crippen molar-refractivity contribution in [3.05, 3.63) is 65.2 Å². The van der Waals surface area contributed by atoms with E-state index in [2.05, 4.69) is 5.32 Å². The molecule has 0 aliphatic rings. The summed E-state index contributed by atoms with van der Waals surface area (Å²) in [6, 6.07) is 12.5. The summed E-state index contributed by atoms with van der Waals surface area (Å²) >= 11 is 0. The second kappa shape index (κ2) is 7.71. The summed E-state index contributed by atoms with van der Waals surface area (Å²) in [7, 11) is 0. The van der Waals surface area contributed by atoms with Crippen molar-refractivity contribution in [3.63, 3.8) is 0 Å². The molecule has 0 saturated heterocycles. The number of amides is 1. The number of para-hydroxylation sites is 1. The van der Waals surface area contributed by atoms with Gasteiger partial charge in [-0.2, -0.15) is 18.4 Å². The minimum absolute atomic E-state index is 0.270. The molecule has 1 unspecified atom stereocenters. The number of benzene rings is 2. The number of nitriles is 1. The number of nitrogens with one attached hydrogen (secondary N) is 1. The average molecular weight is 348 g/mol. The highest BCUT2D eigenvalue weighted by molar-refractivity contribution is 5.78. The molecule has 2 aromatic rings. The van der Waals surface area contributed by atoms with Gasteiger partial charge in [0.15, 0.2) is 6.61 Å². The minimum Gasteiger partial charge on any atom is -0.482 e. The van der Waals surface area contributed by atoms with Crippen LogP contribution in [0.25, 0.3) is 0 Å². The van der Waals surface area contributed by atoms with Crippen molar-refractivity contribution in [1.82, 2.24) is 5.32 Å². The normalized spacial score (nSPS) is 12.1. The highest BCUT2D eigenvalue weighted by Crippen LogP contribution is 2.30. The van der Waals surface area contributed by atoms with E-state index in [9.17, 15) is 18.0 Å². The molecule has 130 valence electrons. The smallest absolute Gasteiger partial charge is 0.416 e. The Morgan fingerprint density at radius 2 is 1.96 bits per heavy atom. The summed E-state index contributed by atoms with van der Waals surface area (Å²) < 4.78 is 43.5. The Kier molecular flexibility index (Phi) is 5.65. The van der Waals surface area contributed by atoms with Crippen molar-refractivity contribution in [2.45, 2.75) is 19.1 Å². The molecule has 1 N–H and O–H groups in total. The molecule has 7 heteroatoms. The van der Waals surface area contributed by atoms with Gasteiger partial charge < -0.3 is 10.1 Å². The van der Waals surface area contributed by atoms with Crippen LogP contribution in [0.3, 0.4) is 0 Å². The first-order chi connectivity index (χ1) is 11.8. The zero-order chi connectivity index (χ0) is 18.4. The van der Waals surface area contributed by atoms with Gasteiger partial charge >= 0.3 is 6.18 Å². The fraction of sp³-hybridized carbons (Fsp3) is 0.222. The quantitative estimate of drug-likeness (QED) is 0.893. The summed E-state index contributed by atoms with van der Waals surface area (Å²) in [5.41, 5.74) is -0.146. The third kappa shape index (κ3) is 4.98. The predicted octanol–water partition coefficient (Wildman–Crippen LogP) is 3.83. The third-order valence-corrected chi connectivity index (χ3v) is 3.46. The first-order valence-electron chi connectivity index (χ1n) is 7.39. The summed E-state index contributed by atoms with van der Waals surface area (Å²) in [5.74, 6) is -0.232. The molecule has 0 radical (unpaired) electrons. The topological polar surface area (TPSA) is 62.1 Å². The Morgan fingerprint density at radius 1 is 1.24 bits per heavy atom. The maximum Gasteiger partial charge on any atom is 0.416 e. The summed E-state index contributed by atoms with van der Waals surface area (Å²) in [4.78, 5) is 11.9. The lowest BCUT2D eigenvalue weighted by Crippen LogP contribution is -2.31. The van der Waals surface area contributed by atoms with Crippen molar-refractivity contribution in [3.8, 4) is 11.8 Å². The van der Waals surface area contributed by atoms with Crippen molar-refractivity contribution >= 4 is 5.91 Å². The number of alkyl halides is 3. The van der Waals surface area contributed by atoms with E-state index in [0.29, 0.717) is 11.1 Å². The largest absolute Gasteiger partial charge is 0.482 e. The molecule has 1 amide bonds. The van der Waals surface area contributed by atoms with Gasteiger partial charge in [-0.05, 0) is 36.8 Å². The molecule has 0 bridgehead atoms. The Morgan fingerprint density at radius 3 is 2.64 bits per heavy atom. The predicted molar refractivity (Wildman–Crippen MR) is 84.7 cm³/mol. The van der Waals surface area contributed by atoms with E-state index in [-0.39, 0.29) is 12.4 Å². The standard InChI is InChI=1S/C18H15F3N2O2/c1-12(13-6-4-7-15(9-13)18(19,20)21)23-17(24)11-25-16-8-3-2-5-14(16)10-22/h2-9,12H,11H2,1H3,(H,23,24). The second-order valence-electron chi connectivity index (χ2n) is 5.31. The highest BCUT2D eigenvalue weighted by Gasteiger charge is 2.30. The van der Waals surface area contributed by atoms with E-state index >= 15 is 0 Å². The number of hydrogen-bond donors (Lipinski definition) is 1. The van der Waals surface area contributed by atoms with Crippen LogP contribution in [0.1, 0.15) is 29.7 Å². The van der Waals surface area contributed by atoms with Gasteiger partial charge in [0.2, 0.25) is 0 Å². The summed E-state index contributed by atoms with van der Waals surface area (Å²) in [5, 5.41) is 11.5. The maximum absolute atomic E-state index is 12.7. The lowest BCUT2D eigenvalue weighted by molar-refractivity contribution is -0.137. The highest BCUT2D eigenvalue weighted by atomic mass is 19.4. The molecule has 0 fully saturated rings. The second-order valence-corrected chi connectivity index (χ2v) is 5.31. The zero-order valence-electron chi connectivity index (χ0n) is 13.3. The molecule has 0 spiro atoms. The first-order valence-corrected chi connectivity index (χ1v) is 7.39. The number of hydrogen-bond acceptors (Lipinski definition) is 3. The van der Waals surface area contributed by atoms with E-state index in [4.69, 9.17) is 10.00 Å². The molecular formula is C18H15F3N2O2. The van der Waals surface area contributed by atoms with Gasteiger partial charge in [0.1, 0.15) is 11.8 Å². The molecule has 25 heavy (non-hydrogen) atoms. The molecule has 0 saturated carbocycles. The first kappa shape index (κ1) is 18.3. The molecule has 0 aliphatic carbocycles. The van der Waals surface area contributed by atoms with Crippen molar-refractivity contribution in [2.75, 3.05) is 6.61 Å². The number of halogens is 3. The van der Waals surface area contributed by atoms with Gasteiger partial charge in [-0.15, -0.1) is 0 Å². The van der Waals surface area contributed by atoms with E-state index in [1.165, 1.54) is 12.1 Å². The van der Waals surface area contributed by atoms with Gasteiger partial charge in [0.05, 0.1) is 17.2 Å². The molecule has 0 aromatic heterocycles. The monoisotopic (exact) mass is 348 g/mol. The molecule has 4 nitrogen and oxygen atoms in total.